The molecule has 0 saturated carbocycles. The molecule has 1 aliphatic rings. The third kappa shape index (κ3) is 4.58. The van der Waals surface area contributed by atoms with Gasteiger partial charge in [0.15, 0.2) is 6.10 Å². The number of piperazine rings is 1. The van der Waals surface area contributed by atoms with Gasteiger partial charge in [0.1, 0.15) is 11.6 Å². The number of pyridine rings is 1. The van der Waals surface area contributed by atoms with Crippen molar-refractivity contribution in [3.8, 4) is 11.8 Å². The van der Waals surface area contributed by atoms with Crippen LogP contribution >= 0.6 is 15.9 Å². The van der Waals surface area contributed by atoms with Crippen molar-refractivity contribution in [3.05, 3.63) is 52.1 Å². The highest BCUT2D eigenvalue weighted by Gasteiger charge is 2.27. The summed E-state index contributed by atoms with van der Waals surface area (Å²) in [4.78, 5) is 21.0. The van der Waals surface area contributed by atoms with Gasteiger partial charge in [0.05, 0.1) is 16.1 Å². The number of amides is 1. The highest BCUT2D eigenvalue weighted by Crippen LogP contribution is 2.27. The highest BCUT2D eigenvalue weighted by atomic mass is 79.9. The van der Waals surface area contributed by atoms with Gasteiger partial charge in [-0.2, -0.15) is 5.26 Å². The van der Waals surface area contributed by atoms with Crippen molar-refractivity contribution >= 4 is 27.7 Å². The summed E-state index contributed by atoms with van der Waals surface area (Å²) in [7, 11) is 0. The van der Waals surface area contributed by atoms with E-state index in [4.69, 9.17) is 10.00 Å². The van der Waals surface area contributed by atoms with Crippen LogP contribution in [0.15, 0.2) is 41.0 Å². The van der Waals surface area contributed by atoms with E-state index in [9.17, 15) is 4.79 Å². The first kappa shape index (κ1) is 19.2. The average molecular weight is 429 g/mol. The molecule has 2 heterocycles. The number of ether oxygens (including phenoxy) is 1. The maximum atomic E-state index is 12.7. The van der Waals surface area contributed by atoms with E-state index in [0.717, 1.165) is 15.9 Å². The van der Waals surface area contributed by atoms with Crippen molar-refractivity contribution in [1.29, 1.82) is 5.26 Å². The number of nitrogens with zero attached hydrogens (tertiary/aromatic N) is 4. The first-order valence-corrected chi connectivity index (χ1v) is 9.60. The molecular formula is C20H21BrN4O2. The minimum atomic E-state index is -0.560. The Labute approximate surface area is 167 Å². The third-order valence-electron chi connectivity index (χ3n) is 4.53. The molecule has 1 fully saturated rings. The summed E-state index contributed by atoms with van der Waals surface area (Å²) in [6, 6.07) is 11.4. The Bertz CT molecular complexity index is 873. The molecule has 6 nitrogen and oxygen atoms in total. The van der Waals surface area contributed by atoms with E-state index in [1.807, 2.05) is 30.0 Å². The Morgan fingerprint density at radius 3 is 2.67 bits per heavy atom. The van der Waals surface area contributed by atoms with Gasteiger partial charge in [-0.25, -0.2) is 4.98 Å². The van der Waals surface area contributed by atoms with E-state index in [1.54, 1.807) is 25.3 Å². The average Bonchev–Trinajstić information content (AvgIpc) is 2.69. The number of hydrogen-bond donors (Lipinski definition) is 0. The molecule has 1 saturated heterocycles. The number of nitriles is 1. The van der Waals surface area contributed by atoms with Crippen molar-refractivity contribution in [3.63, 3.8) is 0 Å². The van der Waals surface area contributed by atoms with E-state index in [1.165, 1.54) is 0 Å². The molecule has 0 bridgehead atoms. The van der Waals surface area contributed by atoms with Crippen LogP contribution in [0.4, 0.5) is 5.82 Å². The summed E-state index contributed by atoms with van der Waals surface area (Å²) in [6.07, 6.45) is 1.08. The number of rotatable bonds is 4. The number of halogens is 1. The topological polar surface area (TPSA) is 69.5 Å². The van der Waals surface area contributed by atoms with Crippen molar-refractivity contribution in [2.75, 3.05) is 31.1 Å². The molecule has 0 N–H and O–H groups in total. The normalized spacial score (nSPS) is 15.2. The van der Waals surface area contributed by atoms with Gasteiger partial charge >= 0.3 is 0 Å². The second-order valence-corrected chi connectivity index (χ2v) is 7.38. The fraction of sp³-hybridized carbons (Fsp3) is 0.350. The van der Waals surface area contributed by atoms with Gasteiger partial charge < -0.3 is 14.5 Å². The van der Waals surface area contributed by atoms with E-state index in [-0.39, 0.29) is 5.91 Å². The van der Waals surface area contributed by atoms with Gasteiger partial charge in [-0.15, -0.1) is 0 Å². The molecule has 2 aromatic rings. The van der Waals surface area contributed by atoms with Gasteiger partial charge in [-0.1, -0.05) is 6.07 Å². The molecule has 1 aliphatic heterocycles. The standard InChI is InChI=1S/C20H21BrN4O2/c1-14-3-4-18(17(21)11-14)27-15(2)20(26)25-9-7-24(8-10-25)19-12-16(13-22)5-6-23-19/h3-6,11-12,15H,7-10H2,1-2H3/t15-/m1/s1. The largest absolute Gasteiger partial charge is 0.480 e. The van der Waals surface area contributed by atoms with Crippen LogP contribution in [0.1, 0.15) is 18.1 Å². The number of carbonyl (C=O) groups excluding carboxylic acids is 1. The predicted molar refractivity (Wildman–Crippen MR) is 107 cm³/mol. The molecule has 140 valence electrons. The lowest BCUT2D eigenvalue weighted by Crippen LogP contribution is -2.52. The summed E-state index contributed by atoms with van der Waals surface area (Å²) < 4.78 is 6.70. The second-order valence-electron chi connectivity index (χ2n) is 6.52. The van der Waals surface area contributed by atoms with Crippen LogP contribution in [0.3, 0.4) is 0 Å². The Balaban J connectivity index is 1.58. The summed E-state index contributed by atoms with van der Waals surface area (Å²) >= 11 is 3.48. The zero-order valence-corrected chi connectivity index (χ0v) is 16.9. The smallest absolute Gasteiger partial charge is 0.263 e. The van der Waals surface area contributed by atoms with Crippen LogP contribution in [-0.4, -0.2) is 48.1 Å². The first-order valence-electron chi connectivity index (χ1n) is 8.80. The van der Waals surface area contributed by atoms with Crippen LogP contribution < -0.4 is 9.64 Å². The Morgan fingerprint density at radius 1 is 1.26 bits per heavy atom. The Morgan fingerprint density at radius 2 is 2.00 bits per heavy atom. The lowest BCUT2D eigenvalue weighted by Gasteiger charge is -2.36. The molecule has 0 unspecified atom stereocenters. The number of carbonyl (C=O) groups is 1. The molecule has 27 heavy (non-hydrogen) atoms. The fourth-order valence-electron chi connectivity index (χ4n) is 3.02. The highest BCUT2D eigenvalue weighted by molar-refractivity contribution is 9.10. The molecule has 3 rings (SSSR count). The molecule has 7 heteroatoms. The number of aromatic nitrogens is 1. The first-order chi connectivity index (χ1) is 13.0. The minimum absolute atomic E-state index is 0.0270. The Hall–Kier alpha value is -2.59. The molecule has 0 aliphatic carbocycles. The summed E-state index contributed by atoms with van der Waals surface area (Å²) in [5.74, 6) is 1.41. The molecule has 1 amide bonds. The maximum Gasteiger partial charge on any atom is 0.263 e. The fourth-order valence-corrected chi connectivity index (χ4v) is 3.60. The summed E-state index contributed by atoms with van der Waals surface area (Å²) in [6.45, 7) is 6.33. The quantitative estimate of drug-likeness (QED) is 0.747. The van der Waals surface area contributed by atoms with Crippen molar-refractivity contribution in [2.45, 2.75) is 20.0 Å². The lowest BCUT2D eigenvalue weighted by molar-refractivity contribution is -0.138. The van der Waals surface area contributed by atoms with Gasteiger partial charge in [0.2, 0.25) is 0 Å². The zero-order valence-electron chi connectivity index (χ0n) is 15.4. The van der Waals surface area contributed by atoms with Crippen molar-refractivity contribution < 1.29 is 9.53 Å². The van der Waals surface area contributed by atoms with Crippen LogP contribution in [-0.2, 0) is 4.79 Å². The van der Waals surface area contributed by atoms with E-state index >= 15 is 0 Å². The lowest BCUT2D eigenvalue weighted by atomic mass is 10.2. The SMILES string of the molecule is Cc1ccc(O[C@H](C)C(=O)N2CCN(c3cc(C#N)ccn3)CC2)c(Br)c1. The number of anilines is 1. The summed E-state index contributed by atoms with van der Waals surface area (Å²) in [5, 5.41) is 9.03. The number of benzene rings is 1. The van der Waals surface area contributed by atoms with Gasteiger partial charge in [0.25, 0.3) is 5.91 Å². The third-order valence-corrected chi connectivity index (χ3v) is 5.15. The molecule has 0 spiro atoms. The van der Waals surface area contributed by atoms with Crippen LogP contribution in [0, 0.1) is 18.3 Å². The van der Waals surface area contributed by atoms with Crippen molar-refractivity contribution in [2.24, 2.45) is 0 Å². The van der Waals surface area contributed by atoms with E-state index < -0.39 is 6.10 Å². The van der Waals surface area contributed by atoms with E-state index in [2.05, 4.69) is 31.9 Å². The molecular weight excluding hydrogens is 408 g/mol. The number of hydrogen-bond acceptors (Lipinski definition) is 5. The van der Waals surface area contributed by atoms with Gasteiger partial charge in [-0.05, 0) is 59.6 Å². The van der Waals surface area contributed by atoms with Gasteiger partial charge in [0, 0.05) is 32.4 Å². The molecule has 1 aromatic carbocycles. The maximum absolute atomic E-state index is 12.7. The molecule has 1 atom stereocenters. The molecule has 0 radical (unpaired) electrons. The number of aryl methyl sites for hydroxylation is 1. The molecule has 1 aromatic heterocycles. The monoisotopic (exact) mass is 428 g/mol. The zero-order chi connectivity index (χ0) is 19.4. The van der Waals surface area contributed by atoms with Crippen molar-refractivity contribution in [1.82, 2.24) is 9.88 Å². The van der Waals surface area contributed by atoms with Crippen LogP contribution in [0.25, 0.3) is 0 Å². The predicted octanol–water partition coefficient (Wildman–Crippen LogP) is 3.14. The minimum Gasteiger partial charge on any atom is -0.480 e. The van der Waals surface area contributed by atoms with Crippen LogP contribution in [0.5, 0.6) is 5.75 Å². The second kappa shape index (κ2) is 8.40. The summed E-state index contributed by atoms with van der Waals surface area (Å²) in [5.41, 5.74) is 1.71. The van der Waals surface area contributed by atoms with Gasteiger partial charge in [-0.3, -0.25) is 4.79 Å². The Kier molecular flexibility index (Phi) is 5.97. The van der Waals surface area contributed by atoms with E-state index in [0.29, 0.717) is 37.5 Å². The van der Waals surface area contributed by atoms with Crippen LogP contribution in [0.2, 0.25) is 0 Å².